The van der Waals surface area contributed by atoms with E-state index < -0.39 is 0 Å². The van der Waals surface area contributed by atoms with E-state index in [1.54, 1.807) is 20.9 Å². The second kappa shape index (κ2) is 4.66. The summed E-state index contributed by atoms with van der Waals surface area (Å²) >= 11 is 11.6. The normalized spacial score (nSPS) is 10.7. The molecule has 1 N–H and O–H groups in total. The van der Waals surface area contributed by atoms with Crippen LogP contribution in [0.2, 0.25) is 10.2 Å². The van der Waals surface area contributed by atoms with Crippen molar-refractivity contribution in [1.29, 1.82) is 0 Å². The maximum absolute atomic E-state index is 12.2. The van der Waals surface area contributed by atoms with Crippen molar-refractivity contribution >= 4 is 34.8 Å². The highest BCUT2D eigenvalue weighted by Crippen LogP contribution is 2.26. The topological polar surface area (TPSA) is 62.1 Å². The summed E-state index contributed by atoms with van der Waals surface area (Å²) in [6, 6.07) is 1.49. The Morgan fingerprint density at radius 2 is 2.11 bits per heavy atom. The largest absolute Gasteiger partial charge is 0.359 e. The van der Waals surface area contributed by atoms with E-state index in [1.807, 2.05) is 0 Å². The van der Waals surface area contributed by atoms with Gasteiger partial charge < -0.3 is 14.4 Å². The van der Waals surface area contributed by atoms with Crippen LogP contribution in [0.25, 0.3) is 0 Å². The quantitative estimate of drug-likeness (QED) is 0.923. The minimum Gasteiger partial charge on any atom is -0.359 e. The van der Waals surface area contributed by atoms with E-state index in [4.69, 9.17) is 27.7 Å². The summed E-state index contributed by atoms with van der Waals surface area (Å²) in [5, 5.41) is 4.36. The van der Waals surface area contributed by atoms with Crippen LogP contribution in [0.3, 0.4) is 0 Å². The molecule has 5 nitrogen and oxygen atoms in total. The zero-order valence-electron chi connectivity index (χ0n) is 10.0. The number of halogens is 2. The average Bonchev–Trinajstić information content (AvgIpc) is 2.82. The van der Waals surface area contributed by atoms with Crippen LogP contribution < -0.4 is 4.90 Å². The molecule has 18 heavy (non-hydrogen) atoms. The summed E-state index contributed by atoms with van der Waals surface area (Å²) in [6.07, 6.45) is 0. The molecule has 2 heterocycles. The average molecular weight is 288 g/mol. The molecule has 1 amide bonds. The number of nitrogens with one attached hydrogen (secondary N) is 1. The van der Waals surface area contributed by atoms with E-state index >= 15 is 0 Å². The Morgan fingerprint density at radius 3 is 2.56 bits per heavy atom. The third kappa shape index (κ3) is 2.11. The minimum atomic E-state index is -0.266. The lowest BCUT2D eigenvalue weighted by molar-refractivity contribution is 0.0988. The molecular formula is C11H11Cl2N3O2. The van der Waals surface area contributed by atoms with Gasteiger partial charge in [0.2, 0.25) is 0 Å². The smallest absolute Gasteiger partial charge is 0.274 e. The molecule has 0 aliphatic heterocycles. The number of amides is 1. The predicted molar refractivity (Wildman–Crippen MR) is 69.5 cm³/mol. The number of nitrogens with zero attached hydrogens (tertiary/aromatic N) is 2. The first-order chi connectivity index (χ1) is 8.41. The van der Waals surface area contributed by atoms with Gasteiger partial charge in [0.15, 0.2) is 5.76 Å². The maximum atomic E-state index is 12.2. The molecule has 7 heteroatoms. The summed E-state index contributed by atoms with van der Waals surface area (Å²) in [4.78, 5) is 16.4. The molecule has 0 aromatic carbocycles. The number of aromatic nitrogens is 2. The van der Waals surface area contributed by atoms with Crippen molar-refractivity contribution in [3.05, 3.63) is 33.4 Å². The Balaban J connectivity index is 2.35. The Labute approximate surface area is 114 Å². The standard InChI is InChI=1S/C11H11Cl2N3O2/c1-5-9(6(2)18-15-5)16(3)11(17)8-4-7(12)10(13)14-8/h4,14H,1-3H3. The molecule has 0 aliphatic rings. The molecular weight excluding hydrogens is 277 g/mol. The van der Waals surface area contributed by atoms with Crippen LogP contribution in [0.5, 0.6) is 0 Å². The van der Waals surface area contributed by atoms with Gasteiger partial charge in [-0.2, -0.15) is 0 Å². The molecule has 2 aromatic rings. The van der Waals surface area contributed by atoms with Gasteiger partial charge in [0, 0.05) is 7.05 Å². The molecule has 2 rings (SSSR count). The van der Waals surface area contributed by atoms with Crippen LogP contribution in [-0.2, 0) is 0 Å². The van der Waals surface area contributed by atoms with Crippen molar-refractivity contribution in [3.63, 3.8) is 0 Å². The Bertz CT molecular complexity index is 564. The predicted octanol–water partition coefficient (Wildman–Crippen LogP) is 3.20. The van der Waals surface area contributed by atoms with Crippen LogP contribution in [0, 0.1) is 13.8 Å². The number of aromatic amines is 1. The third-order valence-electron chi connectivity index (χ3n) is 2.59. The van der Waals surface area contributed by atoms with Crippen molar-refractivity contribution in [1.82, 2.24) is 10.1 Å². The van der Waals surface area contributed by atoms with Gasteiger partial charge >= 0.3 is 0 Å². The Kier molecular flexibility index (Phi) is 3.36. The molecule has 0 unspecified atom stereocenters. The van der Waals surface area contributed by atoms with Crippen molar-refractivity contribution in [2.45, 2.75) is 13.8 Å². The summed E-state index contributed by atoms with van der Waals surface area (Å²) in [6.45, 7) is 3.51. The van der Waals surface area contributed by atoms with Gasteiger partial charge in [-0.3, -0.25) is 4.79 Å². The van der Waals surface area contributed by atoms with Crippen LogP contribution >= 0.6 is 23.2 Å². The first-order valence-corrected chi connectivity index (χ1v) is 5.92. The number of hydrogen-bond acceptors (Lipinski definition) is 3. The summed E-state index contributed by atoms with van der Waals surface area (Å²) < 4.78 is 5.03. The zero-order chi connectivity index (χ0) is 13.4. The van der Waals surface area contributed by atoms with Gasteiger partial charge in [-0.15, -0.1) is 0 Å². The third-order valence-corrected chi connectivity index (χ3v) is 3.28. The molecule has 0 bridgehead atoms. The van der Waals surface area contributed by atoms with Crippen molar-refractivity contribution in [2.75, 3.05) is 11.9 Å². The van der Waals surface area contributed by atoms with E-state index in [0.29, 0.717) is 27.9 Å². The summed E-state index contributed by atoms with van der Waals surface area (Å²) in [5.41, 5.74) is 1.60. The van der Waals surface area contributed by atoms with E-state index in [9.17, 15) is 4.79 Å². The Hall–Kier alpha value is -1.46. The molecule has 96 valence electrons. The van der Waals surface area contributed by atoms with E-state index in [0.717, 1.165) is 0 Å². The number of H-pyrrole nitrogens is 1. The highest BCUT2D eigenvalue weighted by molar-refractivity contribution is 6.41. The number of carbonyl (C=O) groups is 1. The molecule has 0 radical (unpaired) electrons. The monoisotopic (exact) mass is 287 g/mol. The molecule has 0 saturated carbocycles. The van der Waals surface area contributed by atoms with E-state index in [2.05, 4.69) is 10.1 Å². The van der Waals surface area contributed by atoms with Gasteiger partial charge in [0.1, 0.15) is 22.2 Å². The number of rotatable bonds is 2. The van der Waals surface area contributed by atoms with Crippen molar-refractivity contribution in [3.8, 4) is 0 Å². The minimum absolute atomic E-state index is 0.243. The van der Waals surface area contributed by atoms with Crippen LogP contribution in [-0.4, -0.2) is 23.1 Å². The van der Waals surface area contributed by atoms with E-state index in [-0.39, 0.29) is 11.1 Å². The summed E-state index contributed by atoms with van der Waals surface area (Å²) in [5.74, 6) is 0.310. The van der Waals surface area contributed by atoms with Crippen LogP contribution in [0.4, 0.5) is 5.69 Å². The van der Waals surface area contributed by atoms with Crippen LogP contribution in [0.15, 0.2) is 10.6 Å². The van der Waals surface area contributed by atoms with Gasteiger partial charge in [-0.25, -0.2) is 0 Å². The SMILES string of the molecule is Cc1noc(C)c1N(C)C(=O)c1cc(Cl)c(Cl)[nH]1. The zero-order valence-corrected chi connectivity index (χ0v) is 11.6. The highest BCUT2D eigenvalue weighted by atomic mass is 35.5. The molecule has 0 atom stereocenters. The second-order valence-electron chi connectivity index (χ2n) is 3.88. The molecule has 2 aromatic heterocycles. The van der Waals surface area contributed by atoms with Crippen molar-refractivity contribution < 1.29 is 9.32 Å². The fraction of sp³-hybridized carbons (Fsp3) is 0.273. The molecule has 0 spiro atoms. The van der Waals surface area contributed by atoms with Gasteiger partial charge in [0.05, 0.1) is 5.02 Å². The molecule has 0 saturated heterocycles. The fourth-order valence-corrected chi connectivity index (χ4v) is 2.07. The number of anilines is 1. The lowest BCUT2D eigenvalue weighted by Gasteiger charge is -2.15. The van der Waals surface area contributed by atoms with Gasteiger partial charge in [0.25, 0.3) is 5.91 Å². The first kappa shape index (κ1) is 13.0. The van der Waals surface area contributed by atoms with Crippen LogP contribution in [0.1, 0.15) is 21.9 Å². The number of carbonyl (C=O) groups excluding carboxylic acids is 1. The lowest BCUT2D eigenvalue weighted by atomic mass is 10.2. The maximum Gasteiger partial charge on any atom is 0.274 e. The number of hydrogen-bond donors (Lipinski definition) is 1. The highest BCUT2D eigenvalue weighted by Gasteiger charge is 2.22. The molecule has 0 aliphatic carbocycles. The Morgan fingerprint density at radius 1 is 1.44 bits per heavy atom. The lowest BCUT2D eigenvalue weighted by Crippen LogP contribution is -2.27. The van der Waals surface area contributed by atoms with Gasteiger partial charge in [-0.05, 0) is 19.9 Å². The second-order valence-corrected chi connectivity index (χ2v) is 4.67. The van der Waals surface area contributed by atoms with Gasteiger partial charge in [-0.1, -0.05) is 28.4 Å². The number of aryl methyl sites for hydroxylation is 2. The summed E-state index contributed by atoms with van der Waals surface area (Å²) in [7, 11) is 1.64. The van der Waals surface area contributed by atoms with Crippen molar-refractivity contribution in [2.24, 2.45) is 0 Å². The fourth-order valence-electron chi connectivity index (χ4n) is 1.76. The molecule has 0 fully saturated rings. The van der Waals surface area contributed by atoms with E-state index in [1.165, 1.54) is 11.0 Å². The first-order valence-electron chi connectivity index (χ1n) is 5.16.